The molecule has 0 spiro atoms. The van der Waals surface area contributed by atoms with Crippen LogP contribution in [0, 0.1) is 29.6 Å². The topological polar surface area (TPSA) is 12.0 Å². The fraction of sp³-hybridized carbons (Fsp3) is 1.00. The van der Waals surface area contributed by atoms with Crippen LogP contribution < -0.4 is 5.32 Å². The Kier molecular flexibility index (Phi) is 2.38. The van der Waals surface area contributed by atoms with Crippen molar-refractivity contribution >= 4 is 0 Å². The van der Waals surface area contributed by atoms with Gasteiger partial charge in [0.25, 0.3) is 0 Å². The molecule has 1 nitrogen and oxygen atoms in total. The highest BCUT2D eigenvalue weighted by Crippen LogP contribution is 2.58. The molecule has 17 heavy (non-hydrogen) atoms. The van der Waals surface area contributed by atoms with Crippen LogP contribution in [0.1, 0.15) is 58.3 Å². The van der Waals surface area contributed by atoms with E-state index in [0.717, 1.165) is 29.6 Å². The Balaban J connectivity index is 1.51. The minimum atomic E-state index is 0.500. The van der Waals surface area contributed by atoms with E-state index in [1.165, 1.54) is 25.8 Å². The maximum absolute atomic E-state index is 3.79. The second-order valence-electron chi connectivity index (χ2n) is 7.89. The van der Waals surface area contributed by atoms with Crippen LogP contribution in [-0.4, -0.2) is 12.1 Å². The van der Waals surface area contributed by atoms with E-state index in [9.17, 15) is 0 Å². The van der Waals surface area contributed by atoms with Gasteiger partial charge in [-0.1, -0.05) is 0 Å². The number of hydrogen-bond acceptors (Lipinski definition) is 1. The van der Waals surface area contributed by atoms with E-state index in [4.69, 9.17) is 0 Å². The third kappa shape index (κ3) is 1.77. The third-order valence-electron chi connectivity index (χ3n) is 6.57. The zero-order valence-corrected chi connectivity index (χ0v) is 11.3. The number of nitrogens with one attached hydrogen (secondary N) is 1. The summed E-state index contributed by atoms with van der Waals surface area (Å²) in [6.45, 7) is 3.76. The van der Waals surface area contributed by atoms with Gasteiger partial charge >= 0.3 is 0 Å². The van der Waals surface area contributed by atoms with E-state index in [2.05, 4.69) is 12.2 Å². The summed E-state index contributed by atoms with van der Waals surface area (Å²) < 4.78 is 0. The smallest absolute Gasteiger partial charge is 0.0156 e. The lowest BCUT2D eigenvalue weighted by molar-refractivity contribution is -0.0481. The first kappa shape index (κ1) is 10.8. The Morgan fingerprint density at radius 2 is 1.65 bits per heavy atom. The minimum Gasteiger partial charge on any atom is -0.312 e. The molecule has 0 amide bonds. The van der Waals surface area contributed by atoms with E-state index >= 15 is 0 Å². The summed E-state index contributed by atoms with van der Waals surface area (Å²) in [6, 6.07) is 0. The van der Waals surface area contributed by atoms with Crippen LogP contribution in [0.2, 0.25) is 0 Å². The molecule has 1 N–H and O–H groups in total. The van der Waals surface area contributed by atoms with Gasteiger partial charge in [0, 0.05) is 5.54 Å². The standard InChI is InChI=1S/C16H27N/c1-16(3-2-4-17-16)10-15-13-6-11-5-12(8-13)9-14(15)7-11/h11-15,17H,2-10H2,1H3. The molecule has 5 aliphatic rings. The van der Waals surface area contributed by atoms with Gasteiger partial charge in [-0.3, -0.25) is 0 Å². The second kappa shape index (κ2) is 3.73. The molecule has 0 aromatic heterocycles. The molecule has 5 fully saturated rings. The lowest BCUT2D eigenvalue weighted by Crippen LogP contribution is -2.49. The number of rotatable bonds is 2. The van der Waals surface area contributed by atoms with Gasteiger partial charge in [0.15, 0.2) is 0 Å². The van der Waals surface area contributed by atoms with Crippen molar-refractivity contribution in [3.05, 3.63) is 0 Å². The third-order valence-corrected chi connectivity index (χ3v) is 6.57. The monoisotopic (exact) mass is 233 g/mol. The molecule has 96 valence electrons. The molecular formula is C16H27N. The van der Waals surface area contributed by atoms with E-state index < -0.39 is 0 Å². The predicted molar refractivity (Wildman–Crippen MR) is 70.8 cm³/mol. The van der Waals surface area contributed by atoms with Crippen LogP contribution in [0.5, 0.6) is 0 Å². The Morgan fingerprint density at radius 1 is 1.00 bits per heavy atom. The van der Waals surface area contributed by atoms with E-state index in [-0.39, 0.29) is 0 Å². The molecule has 4 saturated carbocycles. The van der Waals surface area contributed by atoms with Crippen molar-refractivity contribution in [1.29, 1.82) is 0 Å². The van der Waals surface area contributed by atoms with Gasteiger partial charge in [-0.25, -0.2) is 0 Å². The quantitative estimate of drug-likeness (QED) is 0.768. The molecule has 1 atom stereocenters. The van der Waals surface area contributed by atoms with Crippen LogP contribution in [0.25, 0.3) is 0 Å². The molecule has 0 radical (unpaired) electrons. The first-order valence-corrected chi connectivity index (χ1v) is 7.97. The molecule has 1 unspecified atom stereocenters. The number of hydrogen-bond donors (Lipinski definition) is 1. The summed E-state index contributed by atoms with van der Waals surface area (Å²) in [7, 11) is 0. The van der Waals surface area contributed by atoms with Crippen molar-refractivity contribution in [3.8, 4) is 0 Å². The summed E-state index contributed by atoms with van der Waals surface area (Å²) >= 11 is 0. The first-order chi connectivity index (χ1) is 8.22. The van der Waals surface area contributed by atoms with E-state index in [1.54, 1.807) is 32.1 Å². The molecule has 4 aliphatic carbocycles. The first-order valence-electron chi connectivity index (χ1n) is 7.97. The van der Waals surface area contributed by atoms with Gasteiger partial charge in [0.05, 0.1) is 0 Å². The average molecular weight is 233 g/mol. The van der Waals surface area contributed by atoms with Crippen LogP contribution >= 0.6 is 0 Å². The van der Waals surface area contributed by atoms with E-state index in [0.29, 0.717) is 5.54 Å². The fourth-order valence-electron chi connectivity index (χ4n) is 6.02. The van der Waals surface area contributed by atoms with Gasteiger partial charge in [-0.05, 0) is 94.4 Å². The highest BCUT2D eigenvalue weighted by Gasteiger charge is 2.49. The van der Waals surface area contributed by atoms with E-state index in [1.807, 2.05) is 0 Å². The van der Waals surface area contributed by atoms with Crippen molar-refractivity contribution < 1.29 is 0 Å². The molecular weight excluding hydrogens is 206 g/mol. The van der Waals surface area contributed by atoms with Crippen LogP contribution in [-0.2, 0) is 0 Å². The SMILES string of the molecule is CC1(CC2C3CC4CC(C3)CC2C4)CCCN1. The van der Waals surface area contributed by atoms with Crippen molar-refractivity contribution in [3.63, 3.8) is 0 Å². The fourth-order valence-corrected chi connectivity index (χ4v) is 6.02. The summed E-state index contributed by atoms with van der Waals surface area (Å²) in [5.74, 6) is 5.59. The maximum Gasteiger partial charge on any atom is 0.0156 e. The normalized spacial score (nSPS) is 56.6. The van der Waals surface area contributed by atoms with Gasteiger partial charge in [-0.15, -0.1) is 0 Å². The van der Waals surface area contributed by atoms with Crippen LogP contribution in [0.4, 0.5) is 0 Å². The predicted octanol–water partition coefficient (Wildman–Crippen LogP) is 3.59. The Labute approximate surface area is 106 Å². The Morgan fingerprint density at radius 3 is 2.18 bits per heavy atom. The molecule has 1 saturated heterocycles. The summed E-state index contributed by atoms with van der Waals surface area (Å²) in [4.78, 5) is 0. The minimum absolute atomic E-state index is 0.500. The molecule has 4 bridgehead atoms. The molecule has 0 aromatic carbocycles. The van der Waals surface area contributed by atoms with Gasteiger partial charge in [0.1, 0.15) is 0 Å². The summed E-state index contributed by atoms with van der Waals surface area (Å²) in [6.07, 6.45) is 12.3. The van der Waals surface area contributed by atoms with Gasteiger partial charge in [-0.2, -0.15) is 0 Å². The molecule has 1 heterocycles. The van der Waals surface area contributed by atoms with Crippen molar-refractivity contribution in [2.24, 2.45) is 29.6 Å². The van der Waals surface area contributed by atoms with Crippen molar-refractivity contribution in [2.45, 2.75) is 63.8 Å². The molecule has 0 aromatic rings. The summed E-state index contributed by atoms with van der Waals surface area (Å²) in [5, 5.41) is 3.79. The molecule has 5 rings (SSSR count). The second-order valence-corrected chi connectivity index (χ2v) is 7.89. The summed E-state index contributed by atoms with van der Waals surface area (Å²) in [5.41, 5.74) is 0.500. The zero-order valence-electron chi connectivity index (χ0n) is 11.3. The van der Waals surface area contributed by atoms with Crippen LogP contribution in [0.3, 0.4) is 0 Å². The lowest BCUT2D eigenvalue weighted by atomic mass is 9.50. The van der Waals surface area contributed by atoms with Crippen molar-refractivity contribution in [1.82, 2.24) is 5.32 Å². The highest BCUT2D eigenvalue weighted by molar-refractivity contribution is 5.02. The van der Waals surface area contributed by atoms with Gasteiger partial charge in [0.2, 0.25) is 0 Å². The molecule has 1 heteroatoms. The van der Waals surface area contributed by atoms with Crippen molar-refractivity contribution in [2.75, 3.05) is 6.54 Å². The molecule has 1 aliphatic heterocycles. The average Bonchev–Trinajstić information content (AvgIpc) is 2.70. The Bertz CT molecular complexity index is 275. The lowest BCUT2D eigenvalue weighted by Gasteiger charge is -2.56. The Hall–Kier alpha value is -0.0400. The van der Waals surface area contributed by atoms with Gasteiger partial charge < -0.3 is 5.32 Å². The largest absolute Gasteiger partial charge is 0.312 e. The highest BCUT2D eigenvalue weighted by atomic mass is 15.0. The zero-order chi connectivity index (χ0) is 11.5. The van der Waals surface area contributed by atoms with Crippen LogP contribution in [0.15, 0.2) is 0 Å². The maximum atomic E-state index is 3.79.